The Bertz CT molecular complexity index is 347. The smallest absolute Gasteiger partial charge is 0.0390 e. The Morgan fingerprint density at radius 3 is 2.92 bits per heavy atom. The molecule has 0 atom stereocenters. The van der Waals surface area contributed by atoms with Crippen LogP contribution in [0.15, 0.2) is 22.7 Å². The lowest BCUT2D eigenvalue weighted by atomic mass is 10.1. The van der Waals surface area contributed by atoms with Crippen LogP contribution in [0.1, 0.15) is 17.5 Å². The van der Waals surface area contributed by atoms with Crippen molar-refractivity contribution in [2.75, 3.05) is 5.75 Å². The van der Waals surface area contributed by atoms with E-state index >= 15 is 0 Å². The third-order valence-electron chi connectivity index (χ3n) is 1.58. The van der Waals surface area contributed by atoms with Crippen LogP contribution in [-0.4, -0.2) is 5.75 Å². The molecule has 0 aliphatic rings. The van der Waals surface area contributed by atoms with E-state index in [1.54, 1.807) is 0 Å². The maximum atomic E-state index is 4.10. The van der Waals surface area contributed by atoms with E-state index in [1.807, 2.05) is 6.07 Å². The third kappa shape index (κ3) is 3.46. The summed E-state index contributed by atoms with van der Waals surface area (Å²) in [6.45, 7) is 2.07. The molecule has 0 spiro atoms. The van der Waals surface area contributed by atoms with Crippen molar-refractivity contribution >= 4 is 28.6 Å². The van der Waals surface area contributed by atoms with Crippen LogP contribution in [0.3, 0.4) is 0 Å². The highest BCUT2D eigenvalue weighted by Crippen LogP contribution is 2.16. The minimum atomic E-state index is 0.816. The van der Waals surface area contributed by atoms with E-state index in [2.05, 4.69) is 59.5 Å². The number of hydrogen-bond donors (Lipinski definition) is 1. The fourth-order valence-electron chi connectivity index (χ4n) is 0.949. The zero-order valence-electron chi connectivity index (χ0n) is 7.47. The number of benzene rings is 1. The van der Waals surface area contributed by atoms with Crippen LogP contribution in [0, 0.1) is 18.8 Å². The molecule has 0 saturated heterocycles. The second kappa shape index (κ2) is 5.36. The van der Waals surface area contributed by atoms with Gasteiger partial charge in [-0.15, -0.1) is 0 Å². The van der Waals surface area contributed by atoms with Crippen LogP contribution >= 0.6 is 28.6 Å². The van der Waals surface area contributed by atoms with Crippen LogP contribution in [0.25, 0.3) is 0 Å². The van der Waals surface area contributed by atoms with Crippen LogP contribution in [0.4, 0.5) is 0 Å². The van der Waals surface area contributed by atoms with Gasteiger partial charge in [-0.25, -0.2) is 0 Å². The molecule has 0 aromatic heterocycles. The highest BCUT2D eigenvalue weighted by molar-refractivity contribution is 9.10. The summed E-state index contributed by atoms with van der Waals surface area (Å²) in [7, 11) is 0. The van der Waals surface area contributed by atoms with Gasteiger partial charge in [-0.2, -0.15) is 12.6 Å². The molecule has 0 bridgehead atoms. The summed E-state index contributed by atoms with van der Waals surface area (Å²) >= 11 is 7.56. The van der Waals surface area contributed by atoms with Crippen LogP contribution < -0.4 is 0 Å². The molecule has 0 radical (unpaired) electrons. The summed E-state index contributed by atoms with van der Waals surface area (Å²) in [6, 6.07) is 6.17. The van der Waals surface area contributed by atoms with Gasteiger partial charge in [0.25, 0.3) is 0 Å². The molecule has 68 valence electrons. The van der Waals surface area contributed by atoms with Gasteiger partial charge in [-0.05, 0) is 40.5 Å². The lowest BCUT2D eigenvalue weighted by Crippen LogP contribution is -1.80. The molecule has 1 rings (SSSR count). The number of aryl methyl sites for hydroxylation is 1. The Labute approximate surface area is 93.3 Å². The number of hydrogen-bond acceptors (Lipinski definition) is 1. The van der Waals surface area contributed by atoms with Gasteiger partial charge < -0.3 is 0 Å². The minimum Gasteiger partial charge on any atom is -0.178 e. The first-order chi connectivity index (χ1) is 6.24. The number of halogens is 1. The average Bonchev–Trinajstić information content (AvgIpc) is 2.11. The predicted molar refractivity (Wildman–Crippen MR) is 64.2 cm³/mol. The Morgan fingerprint density at radius 1 is 1.46 bits per heavy atom. The normalized spacial score (nSPS) is 9.15. The maximum Gasteiger partial charge on any atom is 0.0390 e. The topological polar surface area (TPSA) is 0 Å². The molecule has 0 heterocycles. The van der Waals surface area contributed by atoms with Crippen molar-refractivity contribution in [3.63, 3.8) is 0 Å². The standard InChI is InChI=1S/C11H11BrS/c1-9-5-6-11(12)10(8-9)4-2-3-7-13/h5-6,8,13H,3,7H2,1H3. The van der Waals surface area contributed by atoms with Crippen molar-refractivity contribution in [1.29, 1.82) is 0 Å². The van der Waals surface area contributed by atoms with Gasteiger partial charge in [0.1, 0.15) is 0 Å². The van der Waals surface area contributed by atoms with Crippen molar-refractivity contribution < 1.29 is 0 Å². The van der Waals surface area contributed by atoms with Gasteiger partial charge in [-0.3, -0.25) is 0 Å². The summed E-state index contributed by atoms with van der Waals surface area (Å²) in [5, 5.41) is 0. The highest BCUT2D eigenvalue weighted by Gasteiger charge is 1.94. The SMILES string of the molecule is Cc1ccc(Br)c(C#CCCS)c1. The van der Waals surface area contributed by atoms with Crippen LogP contribution in [-0.2, 0) is 0 Å². The van der Waals surface area contributed by atoms with E-state index in [4.69, 9.17) is 0 Å². The number of thiol groups is 1. The van der Waals surface area contributed by atoms with Gasteiger partial charge in [-0.1, -0.05) is 17.9 Å². The molecule has 0 aliphatic heterocycles. The predicted octanol–water partition coefficient (Wildman–Crippen LogP) is 3.43. The molecule has 0 fully saturated rings. The van der Waals surface area contributed by atoms with Crippen molar-refractivity contribution in [2.24, 2.45) is 0 Å². The summed E-state index contributed by atoms with van der Waals surface area (Å²) in [5.41, 5.74) is 2.29. The molecule has 1 aromatic carbocycles. The monoisotopic (exact) mass is 254 g/mol. The molecule has 0 aliphatic carbocycles. The average molecular weight is 255 g/mol. The lowest BCUT2D eigenvalue weighted by Gasteiger charge is -1.97. The molecule has 2 heteroatoms. The van der Waals surface area contributed by atoms with Crippen molar-refractivity contribution in [2.45, 2.75) is 13.3 Å². The first-order valence-corrected chi connectivity index (χ1v) is 5.52. The largest absolute Gasteiger partial charge is 0.178 e. The Kier molecular flexibility index (Phi) is 4.41. The second-order valence-corrected chi connectivity index (χ2v) is 4.06. The molecular weight excluding hydrogens is 244 g/mol. The van der Waals surface area contributed by atoms with E-state index in [-0.39, 0.29) is 0 Å². The molecule has 0 amide bonds. The van der Waals surface area contributed by atoms with Crippen molar-refractivity contribution in [3.05, 3.63) is 33.8 Å². The van der Waals surface area contributed by atoms with Crippen LogP contribution in [0.2, 0.25) is 0 Å². The van der Waals surface area contributed by atoms with E-state index in [0.29, 0.717) is 0 Å². The zero-order valence-corrected chi connectivity index (χ0v) is 9.95. The first kappa shape index (κ1) is 10.7. The molecule has 0 saturated carbocycles. The summed E-state index contributed by atoms with van der Waals surface area (Å²) in [5.74, 6) is 6.99. The Balaban J connectivity index is 2.89. The fraction of sp³-hybridized carbons (Fsp3) is 0.273. The first-order valence-electron chi connectivity index (χ1n) is 4.10. The quantitative estimate of drug-likeness (QED) is 0.577. The van der Waals surface area contributed by atoms with E-state index in [0.717, 1.165) is 22.2 Å². The van der Waals surface area contributed by atoms with Crippen molar-refractivity contribution in [1.82, 2.24) is 0 Å². The lowest BCUT2D eigenvalue weighted by molar-refractivity contribution is 1.31. The molecule has 0 N–H and O–H groups in total. The molecule has 1 aromatic rings. The maximum absolute atomic E-state index is 4.10. The van der Waals surface area contributed by atoms with E-state index < -0.39 is 0 Å². The van der Waals surface area contributed by atoms with Gasteiger partial charge in [0.2, 0.25) is 0 Å². The van der Waals surface area contributed by atoms with Gasteiger partial charge in [0.05, 0.1) is 0 Å². The second-order valence-electron chi connectivity index (χ2n) is 2.76. The molecule has 13 heavy (non-hydrogen) atoms. The Hall–Kier alpha value is -0.390. The number of rotatable bonds is 1. The van der Waals surface area contributed by atoms with Gasteiger partial charge >= 0.3 is 0 Å². The summed E-state index contributed by atoms with van der Waals surface area (Å²) < 4.78 is 1.06. The highest BCUT2D eigenvalue weighted by atomic mass is 79.9. The van der Waals surface area contributed by atoms with Gasteiger partial charge in [0, 0.05) is 22.2 Å². The minimum absolute atomic E-state index is 0.816. The zero-order chi connectivity index (χ0) is 9.68. The van der Waals surface area contributed by atoms with Crippen molar-refractivity contribution in [3.8, 4) is 11.8 Å². The third-order valence-corrected chi connectivity index (χ3v) is 2.50. The fourth-order valence-corrected chi connectivity index (χ4v) is 1.41. The summed E-state index contributed by atoms with van der Waals surface area (Å²) in [6.07, 6.45) is 0.837. The van der Waals surface area contributed by atoms with Gasteiger partial charge in [0.15, 0.2) is 0 Å². The summed E-state index contributed by atoms with van der Waals surface area (Å²) in [4.78, 5) is 0. The molecule has 0 unspecified atom stereocenters. The van der Waals surface area contributed by atoms with E-state index in [9.17, 15) is 0 Å². The van der Waals surface area contributed by atoms with Crippen LogP contribution in [0.5, 0.6) is 0 Å². The van der Waals surface area contributed by atoms with E-state index in [1.165, 1.54) is 5.56 Å². The molecule has 0 nitrogen and oxygen atoms in total. The molecular formula is C11H11BrS. The Morgan fingerprint density at radius 2 is 2.23 bits per heavy atom.